The van der Waals surface area contributed by atoms with Crippen molar-refractivity contribution in [3.05, 3.63) is 0 Å². The third-order valence-corrected chi connectivity index (χ3v) is 9.06. The van der Waals surface area contributed by atoms with E-state index >= 15 is 0 Å². The van der Waals surface area contributed by atoms with E-state index in [0.717, 1.165) is 12.8 Å². The smallest absolute Gasteiger partial charge is 0.242 e. The van der Waals surface area contributed by atoms with Crippen LogP contribution in [-0.2, 0) is 29.1 Å². The molecule has 3 aliphatic rings. The summed E-state index contributed by atoms with van der Waals surface area (Å²) in [6.07, 6.45) is 6.58. The summed E-state index contributed by atoms with van der Waals surface area (Å²) >= 11 is 0. The maximum Gasteiger partial charge on any atom is 0.242 e. The fourth-order valence-electron chi connectivity index (χ4n) is 5.35. The fraction of sp³-hybridized carbons (Fsp3) is 0.875. The largest absolute Gasteiger partial charge is 0.379 e. The first-order chi connectivity index (χ1) is 16.5. The second-order valence-electron chi connectivity index (χ2n) is 10.6. The third-order valence-electron chi connectivity index (χ3n) is 7.75. The molecule has 1 spiro atoms. The van der Waals surface area contributed by atoms with Crippen LogP contribution in [0, 0.1) is 11.3 Å². The first kappa shape index (κ1) is 27.9. The number of hydrogen-bond donors (Lipinski definition) is 2. The van der Waals surface area contributed by atoms with Gasteiger partial charge in [0.25, 0.3) is 0 Å². The Morgan fingerprint density at radius 2 is 1.69 bits per heavy atom. The van der Waals surface area contributed by atoms with Gasteiger partial charge in [0.15, 0.2) is 0 Å². The molecule has 0 saturated carbocycles. The minimum absolute atomic E-state index is 0.0813. The van der Waals surface area contributed by atoms with Gasteiger partial charge in [-0.25, -0.2) is 12.7 Å². The summed E-state index contributed by atoms with van der Waals surface area (Å²) in [5.74, 6) is -0.0591. The van der Waals surface area contributed by atoms with Gasteiger partial charge in [-0.15, -0.1) is 0 Å². The number of hydrogen-bond acceptors (Lipinski definition) is 6. The predicted molar refractivity (Wildman–Crippen MR) is 132 cm³/mol. The molecule has 0 aromatic rings. The van der Waals surface area contributed by atoms with Gasteiger partial charge in [-0.05, 0) is 58.3 Å². The molecule has 0 unspecified atom stereocenters. The highest BCUT2D eigenvalue weighted by Crippen LogP contribution is 2.38. The van der Waals surface area contributed by atoms with Crippen LogP contribution in [0.4, 0.5) is 0 Å². The van der Waals surface area contributed by atoms with E-state index in [-0.39, 0.29) is 29.7 Å². The van der Waals surface area contributed by atoms with E-state index in [2.05, 4.69) is 10.6 Å². The molecule has 0 bridgehead atoms. The molecule has 35 heavy (non-hydrogen) atoms. The molecule has 0 aromatic heterocycles. The highest BCUT2D eigenvalue weighted by atomic mass is 32.2. The molecular formula is C24H42N4O6S. The van der Waals surface area contributed by atoms with Crippen molar-refractivity contribution >= 4 is 27.7 Å². The normalized spacial score (nSPS) is 28.4. The standard InChI is InChI=1S/C24H42N4O6S/c1-18-17-34-15-5-4-8-24(23(31)26-19(2)22(30)25-18)9-13-27(14-10-24)21(29)16-20-6-11-28(12-7-20)35(3,32)33/h18-20H,4-17H2,1-3H3,(H,25,30)(H,26,31)/t18-,19-/m0/s1. The maximum absolute atomic E-state index is 13.4. The highest BCUT2D eigenvalue weighted by molar-refractivity contribution is 7.88. The van der Waals surface area contributed by atoms with E-state index in [1.54, 1.807) is 6.92 Å². The third kappa shape index (κ3) is 7.63. The van der Waals surface area contributed by atoms with Crippen LogP contribution in [0.3, 0.4) is 0 Å². The fourth-order valence-corrected chi connectivity index (χ4v) is 6.22. The number of sulfonamides is 1. The molecule has 200 valence electrons. The van der Waals surface area contributed by atoms with E-state index in [9.17, 15) is 22.8 Å². The molecule has 2 N–H and O–H groups in total. The summed E-state index contributed by atoms with van der Waals surface area (Å²) in [5.41, 5.74) is -0.591. The molecule has 0 aliphatic carbocycles. The van der Waals surface area contributed by atoms with Gasteiger partial charge in [-0.2, -0.15) is 0 Å². The van der Waals surface area contributed by atoms with E-state index < -0.39 is 21.5 Å². The lowest BCUT2D eigenvalue weighted by Crippen LogP contribution is -2.55. The molecule has 0 radical (unpaired) electrons. The number of amides is 3. The van der Waals surface area contributed by atoms with Gasteiger partial charge in [0.05, 0.1) is 18.3 Å². The predicted octanol–water partition coefficient (Wildman–Crippen LogP) is 0.867. The number of carbonyl (C=O) groups is 3. The van der Waals surface area contributed by atoms with Gasteiger partial charge in [0, 0.05) is 45.2 Å². The Morgan fingerprint density at radius 3 is 2.31 bits per heavy atom. The summed E-state index contributed by atoms with van der Waals surface area (Å²) in [7, 11) is -3.18. The van der Waals surface area contributed by atoms with E-state index in [1.807, 2.05) is 11.8 Å². The Kier molecular flexibility index (Phi) is 9.56. The SMILES string of the molecule is C[C@@H]1NC(=O)C2(CCCCOC[C@H](C)NC1=O)CCN(C(=O)CC1CCN(S(C)(=O)=O)CC1)CC2. The molecule has 3 fully saturated rings. The molecule has 3 aliphatic heterocycles. The Morgan fingerprint density at radius 1 is 1.03 bits per heavy atom. The Balaban J connectivity index is 1.56. The number of nitrogens with zero attached hydrogens (tertiary/aromatic N) is 2. The molecule has 11 heteroatoms. The number of piperidine rings is 2. The molecule has 0 aromatic carbocycles. The van der Waals surface area contributed by atoms with Crippen molar-refractivity contribution in [3.8, 4) is 0 Å². The Labute approximate surface area is 209 Å². The second-order valence-corrected chi connectivity index (χ2v) is 12.6. The lowest BCUT2D eigenvalue weighted by molar-refractivity contribution is -0.143. The van der Waals surface area contributed by atoms with Crippen molar-refractivity contribution in [2.24, 2.45) is 11.3 Å². The number of ether oxygens (including phenoxy) is 1. The monoisotopic (exact) mass is 514 g/mol. The van der Waals surface area contributed by atoms with Crippen LogP contribution in [0.15, 0.2) is 0 Å². The zero-order valence-corrected chi connectivity index (χ0v) is 22.2. The zero-order chi connectivity index (χ0) is 25.6. The number of nitrogens with one attached hydrogen (secondary N) is 2. The first-order valence-corrected chi connectivity index (χ1v) is 14.8. The molecule has 3 rings (SSSR count). The minimum Gasteiger partial charge on any atom is -0.379 e. The summed E-state index contributed by atoms with van der Waals surface area (Å²) in [4.78, 5) is 40.7. The van der Waals surface area contributed by atoms with Crippen LogP contribution in [-0.4, -0.2) is 93.1 Å². The van der Waals surface area contributed by atoms with Crippen molar-refractivity contribution in [3.63, 3.8) is 0 Å². The quantitative estimate of drug-likeness (QED) is 0.576. The van der Waals surface area contributed by atoms with E-state index in [0.29, 0.717) is 77.9 Å². The summed E-state index contributed by atoms with van der Waals surface area (Å²) in [6.45, 7) is 6.59. The lowest BCUT2D eigenvalue weighted by Gasteiger charge is -2.42. The van der Waals surface area contributed by atoms with Crippen molar-refractivity contribution in [2.45, 2.75) is 77.3 Å². The minimum atomic E-state index is -3.18. The van der Waals surface area contributed by atoms with Crippen LogP contribution in [0.2, 0.25) is 0 Å². The van der Waals surface area contributed by atoms with Gasteiger partial charge in [0.1, 0.15) is 6.04 Å². The topological polar surface area (TPSA) is 125 Å². The van der Waals surface area contributed by atoms with Crippen LogP contribution in [0.5, 0.6) is 0 Å². The number of likely N-dealkylation sites (tertiary alicyclic amines) is 1. The zero-order valence-electron chi connectivity index (χ0n) is 21.4. The summed E-state index contributed by atoms with van der Waals surface area (Å²) < 4.78 is 30.6. The van der Waals surface area contributed by atoms with Gasteiger partial charge in [0.2, 0.25) is 27.7 Å². The van der Waals surface area contributed by atoms with E-state index in [4.69, 9.17) is 4.74 Å². The van der Waals surface area contributed by atoms with Crippen LogP contribution < -0.4 is 10.6 Å². The van der Waals surface area contributed by atoms with Crippen LogP contribution in [0.1, 0.15) is 65.2 Å². The molecule has 3 heterocycles. The average molecular weight is 515 g/mol. The molecule has 2 atom stereocenters. The Bertz CT molecular complexity index is 863. The maximum atomic E-state index is 13.4. The number of carbonyl (C=O) groups excluding carboxylic acids is 3. The van der Waals surface area contributed by atoms with Gasteiger partial charge < -0.3 is 20.3 Å². The van der Waals surface area contributed by atoms with Crippen LogP contribution >= 0.6 is 0 Å². The van der Waals surface area contributed by atoms with Gasteiger partial charge in [-0.3, -0.25) is 14.4 Å². The van der Waals surface area contributed by atoms with Crippen molar-refractivity contribution in [1.29, 1.82) is 0 Å². The van der Waals surface area contributed by atoms with Crippen molar-refractivity contribution < 1.29 is 27.5 Å². The van der Waals surface area contributed by atoms with E-state index in [1.165, 1.54) is 10.6 Å². The lowest BCUT2D eigenvalue weighted by atomic mass is 9.73. The highest BCUT2D eigenvalue weighted by Gasteiger charge is 2.43. The molecular weight excluding hydrogens is 472 g/mol. The van der Waals surface area contributed by atoms with Gasteiger partial charge >= 0.3 is 0 Å². The molecule has 10 nitrogen and oxygen atoms in total. The van der Waals surface area contributed by atoms with Crippen LogP contribution in [0.25, 0.3) is 0 Å². The van der Waals surface area contributed by atoms with Crippen molar-refractivity contribution in [1.82, 2.24) is 19.8 Å². The van der Waals surface area contributed by atoms with Crippen molar-refractivity contribution in [2.75, 3.05) is 45.6 Å². The average Bonchev–Trinajstić information content (AvgIpc) is 2.81. The van der Waals surface area contributed by atoms with Gasteiger partial charge in [-0.1, -0.05) is 6.42 Å². The number of rotatable bonds is 3. The second kappa shape index (κ2) is 12.0. The first-order valence-electron chi connectivity index (χ1n) is 12.9. The summed E-state index contributed by atoms with van der Waals surface area (Å²) in [5, 5.41) is 5.81. The molecule has 3 amide bonds. The Hall–Kier alpha value is -1.72. The summed E-state index contributed by atoms with van der Waals surface area (Å²) in [6, 6.07) is -0.760. The molecule has 3 saturated heterocycles.